The molecule has 74 valence electrons. The molecule has 0 aliphatic heterocycles. The number of carbonyl (C=O) groups is 2. The van der Waals surface area contributed by atoms with Gasteiger partial charge in [0.05, 0.1) is 6.42 Å². The van der Waals surface area contributed by atoms with Crippen LogP contribution in [0.15, 0.2) is 11.6 Å². The second-order valence-electron chi connectivity index (χ2n) is 3.69. The highest BCUT2D eigenvalue weighted by Gasteiger charge is 2.20. The highest BCUT2D eigenvalue weighted by molar-refractivity contribution is 5.86. The Morgan fingerprint density at radius 1 is 1.31 bits per heavy atom. The van der Waals surface area contributed by atoms with E-state index in [-0.39, 0.29) is 12.0 Å². The summed E-state index contributed by atoms with van der Waals surface area (Å²) in [5.41, 5.74) is -0.444. The van der Waals surface area contributed by atoms with Gasteiger partial charge < -0.3 is 10.2 Å². The summed E-state index contributed by atoms with van der Waals surface area (Å²) in [5.74, 6) is -1.95. The van der Waals surface area contributed by atoms with Crippen molar-refractivity contribution < 1.29 is 19.8 Å². The molecule has 0 unspecified atom stereocenters. The SMILES string of the molecule is C/C(=C/C(C)(C)CC(=O)O)C(=O)O. The molecule has 0 spiro atoms. The molecular weight excluding hydrogens is 172 g/mol. The van der Waals surface area contributed by atoms with Gasteiger partial charge in [0.2, 0.25) is 0 Å². The first kappa shape index (κ1) is 11.7. The van der Waals surface area contributed by atoms with Crippen molar-refractivity contribution >= 4 is 11.9 Å². The molecule has 0 saturated carbocycles. The lowest BCUT2D eigenvalue weighted by atomic mass is 9.87. The first-order valence-electron chi connectivity index (χ1n) is 3.89. The third-order valence-electron chi connectivity index (χ3n) is 1.55. The smallest absolute Gasteiger partial charge is 0.330 e. The number of rotatable bonds is 4. The lowest BCUT2D eigenvalue weighted by molar-refractivity contribution is -0.139. The first-order valence-corrected chi connectivity index (χ1v) is 3.89. The van der Waals surface area contributed by atoms with Gasteiger partial charge in [-0.3, -0.25) is 4.79 Å². The fourth-order valence-corrected chi connectivity index (χ4v) is 1.09. The zero-order valence-electron chi connectivity index (χ0n) is 8.00. The van der Waals surface area contributed by atoms with Gasteiger partial charge >= 0.3 is 11.9 Å². The minimum absolute atomic E-state index is 0.0718. The molecule has 4 heteroatoms. The van der Waals surface area contributed by atoms with Crippen LogP contribution in [0.1, 0.15) is 27.2 Å². The molecule has 0 aromatic carbocycles. The molecule has 0 rings (SSSR count). The van der Waals surface area contributed by atoms with Crippen LogP contribution in [-0.4, -0.2) is 22.2 Å². The van der Waals surface area contributed by atoms with E-state index in [0.717, 1.165) is 0 Å². The van der Waals surface area contributed by atoms with Crippen LogP contribution in [0.3, 0.4) is 0 Å². The standard InChI is InChI=1S/C9H14O4/c1-6(8(12)13)4-9(2,3)5-7(10)11/h4H,5H2,1-3H3,(H,10,11)(H,12,13)/b6-4-. The summed E-state index contributed by atoms with van der Waals surface area (Å²) in [5, 5.41) is 17.1. The van der Waals surface area contributed by atoms with E-state index in [1.54, 1.807) is 13.8 Å². The third-order valence-corrected chi connectivity index (χ3v) is 1.55. The maximum Gasteiger partial charge on any atom is 0.330 e. The van der Waals surface area contributed by atoms with E-state index >= 15 is 0 Å². The summed E-state index contributed by atoms with van der Waals surface area (Å²) in [6, 6.07) is 0. The molecule has 0 fully saturated rings. The second kappa shape index (κ2) is 4.07. The summed E-state index contributed by atoms with van der Waals surface area (Å²) in [7, 11) is 0. The Kier molecular flexibility index (Phi) is 3.66. The molecule has 0 aliphatic carbocycles. The Morgan fingerprint density at radius 2 is 1.77 bits per heavy atom. The summed E-state index contributed by atoms with van der Waals surface area (Å²) >= 11 is 0. The molecule has 0 saturated heterocycles. The Balaban J connectivity index is 4.56. The average molecular weight is 186 g/mol. The van der Waals surface area contributed by atoms with Gasteiger partial charge in [-0.25, -0.2) is 4.79 Å². The summed E-state index contributed by atoms with van der Waals surface area (Å²) in [6.45, 7) is 4.83. The largest absolute Gasteiger partial charge is 0.481 e. The number of carboxylic acids is 2. The predicted octanol–water partition coefficient (Wildman–Crippen LogP) is 1.52. The average Bonchev–Trinajstić information content (AvgIpc) is 1.81. The Bertz CT molecular complexity index is 250. The molecule has 0 aromatic rings. The number of allylic oxidation sites excluding steroid dienone is 1. The predicted molar refractivity (Wildman–Crippen MR) is 47.4 cm³/mol. The van der Waals surface area contributed by atoms with E-state index in [0.29, 0.717) is 0 Å². The molecule has 13 heavy (non-hydrogen) atoms. The van der Waals surface area contributed by atoms with Crippen LogP contribution < -0.4 is 0 Å². The zero-order chi connectivity index (χ0) is 10.6. The van der Waals surface area contributed by atoms with E-state index in [1.165, 1.54) is 13.0 Å². The fraction of sp³-hybridized carbons (Fsp3) is 0.556. The zero-order valence-corrected chi connectivity index (χ0v) is 8.00. The lowest BCUT2D eigenvalue weighted by Gasteiger charge is -2.17. The van der Waals surface area contributed by atoms with Gasteiger partial charge in [0, 0.05) is 5.57 Å². The number of hydrogen-bond donors (Lipinski definition) is 2. The summed E-state index contributed by atoms with van der Waals surface area (Å²) in [4.78, 5) is 20.8. The van der Waals surface area contributed by atoms with Gasteiger partial charge in [0.1, 0.15) is 0 Å². The molecule has 0 heterocycles. The van der Waals surface area contributed by atoms with Crippen molar-refractivity contribution in [2.24, 2.45) is 5.41 Å². The summed E-state index contributed by atoms with van der Waals surface area (Å²) < 4.78 is 0. The van der Waals surface area contributed by atoms with Crippen molar-refractivity contribution in [2.45, 2.75) is 27.2 Å². The highest BCUT2D eigenvalue weighted by Crippen LogP contribution is 2.23. The maximum atomic E-state index is 10.4. The molecule has 0 bridgehead atoms. The Labute approximate surface area is 76.9 Å². The van der Waals surface area contributed by atoms with Crippen LogP contribution in [0, 0.1) is 5.41 Å². The topological polar surface area (TPSA) is 74.6 Å². The van der Waals surface area contributed by atoms with Gasteiger partial charge in [0.15, 0.2) is 0 Å². The normalized spacial score (nSPS) is 12.7. The van der Waals surface area contributed by atoms with Crippen LogP contribution in [-0.2, 0) is 9.59 Å². The molecular formula is C9H14O4. The highest BCUT2D eigenvalue weighted by atomic mass is 16.4. The van der Waals surface area contributed by atoms with Crippen molar-refractivity contribution in [3.8, 4) is 0 Å². The van der Waals surface area contributed by atoms with Crippen LogP contribution in [0.25, 0.3) is 0 Å². The van der Waals surface area contributed by atoms with Crippen molar-refractivity contribution in [1.29, 1.82) is 0 Å². The monoisotopic (exact) mass is 186 g/mol. The van der Waals surface area contributed by atoms with Crippen LogP contribution in [0.2, 0.25) is 0 Å². The molecule has 0 aliphatic rings. The van der Waals surface area contributed by atoms with E-state index in [9.17, 15) is 9.59 Å². The van der Waals surface area contributed by atoms with Crippen LogP contribution in [0.5, 0.6) is 0 Å². The van der Waals surface area contributed by atoms with Crippen molar-refractivity contribution in [1.82, 2.24) is 0 Å². The van der Waals surface area contributed by atoms with Crippen molar-refractivity contribution in [3.63, 3.8) is 0 Å². The van der Waals surface area contributed by atoms with Gasteiger partial charge in [-0.1, -0.05) is 19.9 Å². The van der Waals surface area contributed by atoms with Gasteiger partial charge in [-0.15, -0.1) is 0 Å². The minimum Gasteiger partial charge on any atom is -0.481 e. The lowest BCUT2D eigenvalue weighted by Crippen LogP contribution is -2.15. The molecule has 4 nitrogen and oxygen atoms in total. The minimum atomic E-state index is -1.02. The molecule has 2 N–H and O–H groups in total. The van der Waals surface area contributed by atoms with Gasteiger partial charge in [-0.05, 0) is 12.3 Å². The number of carboxylic acid groups (broad SMARTS) is 2. The van der Waals surface area contributed by atoms with E-state index in [2.05, 4.69) is 0 Å². The quantitative estimate of drug-likeness (QED) is 0.653. The first-order chi connectivity index (χ1) is 5.74. The third kappa shape index (κ3) is 5.00. The Hall–Kier alpha value is -1.32. The molecule has 0 aromatic heterocycles. The van der Waals surface area contributed by atoms with Crippen LogP contribution in [0.4, 0.5) is 0 Å². The summed E-state index contributed by atoms with van der Waals surface area (Å²) in [6.07, 6.45) is 1.39. The van der Waals surface area contributed by atoms with Crippen LogP contribution >= 0.6 is 0 Å². The molecule has 0 radical (unpaired) electrons. The van der Waals surface area contributed by atoms with E-state index < -0.39 is 17.4 Å². The van der Waals surface area contributed by atoms with Gasteiger partial charge in [-0.2, -0.15) is 0 Å². The van der Waals surface area contributed by atoms with E-state index in [4.69, 9.17) is 10.2 Å². The number of aliphatic carboxylic acids is 2. The fourth-order valence-electron chi connectivity index (χ4n) is 1.09. The van der Waals surface area contributed by atoms with E-state index in [1.807, 2.05) is 0 Å². The second-order valence-corrected chi connectivity index (χ2v) is 3.69. The van der Waals surface area contributed by atoms with Gasteiger partial charge in [0.25, 0.3) is 0 Å². The molecule has 0 amide bonds. The molecule has 0 atom stereocenters. The Morgan fingerprint density at radius 3 is 2.08 bits per heavy atom. The number of hydrogen-bond acceptors (Lipinski definition) is 2. The van der Waals surface area contributed by atoms with Crippen molar-refractivity contribution in [3.05, 3.63) is 11.6 Å². The van der Waals surface area contributed by atoms with Crippen molar-refractivity contribution in [2.75, 3.05) is 0 Å². The maximum absolute atomic E-state index is 10.4.